The van der Waals surface area contributed by atoms with E-state index in [1.807, 2.05) is 26.8 Å². The molecule has 0 atom stereocenters. The minimum atomic E-state index is -2.71. The first-order valence-corrected chi connectivity index (χ1v) is 9.33. The van der Waals surface area contributed by atoms with Gasteiger partial charge in [-0.1, -0.05) is 26.8 Å². The Morgan fingerprint density at radius 1 is 1.17 bits per heavy atom. The zero-order valence-corrected chi connectivity index (χ0v) is 16.6. The van der Waals surface area contributed by atoms with Crippen molar-refractivity contribution in [3.05, 3.63) is 65.7 Å². The van der Waals surface area contributed by atoms with Crippen molar-refractivity contribution in [1.82, 2.24) is 24.7 Å². The molecular weight excluding hydrogens is 390 g/mol. The molecule has 0 aliphatic rings. The monoisotopic (exact) mass is 410 g/mol. The number of nitrogens with one attached hydrogen (secondary N) is 2. The van der Waals surface area contributed by atoms with Crippen LogP contribution in [0.4, 0.5) is 14.6 Å². The lowest BCUT2D eigenvalue weighted by Gasteiger charge is -2.13. The molecule has 0 unspecified atom stereocenters. The topological polar surface area (TPSA) is 88.5 Å². The Morgan fingerprint density at radius 2 is 1.97 bits per heavy atom. The van der Waals surface area contributed by atoms with Gasteiger partial charge in [0.05, 0.1) is 16.7 Å². The van der Waals surface area contributed by atoms with Crippen LogP contribution in [-0.4, -0.2) is 30.6 Å². The fourth-order valence-electron chi connectivity index (χ4n) is 2.95. The molecule has 0 radical (unpaired) electrons. The van der Waals surface area contributed by atoms with E-state index >= 15 is 0 Å². The van der Waals surface area contributed by atoms with E-state index in [1.165, 1.54) is 12.1 Å². The average Bonchev–Trinajstić information content (AvgIpc) is 3.32. The number of carbonyl (C=O) groups is 1. The summed E-state index contributed by atoms with van der Waals surface area (Å²) in [6.45, 7) is 6.07. The van der Waals surface area contributed by atoms with Crippen LogP contribution in [0, 0.1) is 0 Å². The van der Waals surface area contributed by atoms with Crippen molar-refractivity contribution >= 4 is 22.8 Å². The summed E-state index contributed by atoms with van der Waals surface area (Å²) in [7, 11) is 0. The highest BCUT2D eigenvalue weighted by atomic mass is 19.3. The molecular formula is C21H20F2N6O. The van der Waals surface area contributed by atoms with E-state index in [-0.39, 0.29) is 5.41 Å². The van der Waals surface area contributed by atoms with Crippen molar-refractivity contribution in [2.24, 2.45) is 0 Å². The Kier molecular flexibility index (Phi) is 4.81. The number of imidazole rings is 1. The number of benzene rings is 1. The van der Waals surface area contributed by atoms with Crippen LogP contribution in [0.25, 0.3) is 16.9 Å². The second kappa shape index (κ2) is 7.33. The molecule has 0 saturated carbocycles. The van der Waals surface area contributed by atoms with Gasteiger partial charge in [0.2, 0.25) is 0 Å². The van der Waals surface area contributed by atoms with Crippen molar-refractivity contribution in [2.75, 3.05) is 5.32 Å². The molecule has 2 N–H and O–H groups in total. The van der Waals surface area contributed by atoms with Gasteiger partial charge in [-0.25, -0.2) is 18.7 Å². The van der Waals surface area contributed by atoms with Gasteiger partial charge in [-0.05, 0) is 30.3 Å². The molecule has 1 aromatic carbocycles. The molecule has 9 heteroatoms. The van der Waals surface area contributed by atoms with Gasteiger partial charge in [0.1, 0.15) is 5.82 Å². The van der Waals surface area contributed by atoms with Crippen molar-refractivity contribution in [3.63, 3.8) is 0 Å². The average molecular weight is 410 g/mol. The van der Waals surface area contributed by atoms with Crippen LogP contribution in [0.15, 0.2) is 48.7 Å². The molecule has 1 amide bonds. The Labute approximate surface area is 171 Å². The Bertz CT molecular complexity index is 1210. The highest BCUT2D eigenvalue weighted by molar-refractivity contribution is 6.05. The first-order chi connectivity index (χ1) is 14.2. The fourth-order valence-corrected chi connectivity index (χ4v) is 2.95. The quantitative estimate of drug-likeness (QED) is 0.513. The summed E-state index contributed by atoms with van der Waals surface area (Å²) in [5.41, 5.74) is 1.59. The van der Waals surface area contributed by atoms with E-state index in [0.29, 0.717) is 28.2 Å². The van der Waals surface area contributed by atoms with Crippen molar-refractivity contribution in [3.8, 4) is 5.82 Å². The number of nitrogens with zero attached hydrogens (tertiary/aromatic N) is 4. The predicted molar refractivity (Wildman–Crippen MR) is 109 cm³/mol. The van der Waals surface area contributed by atoms with Gasteiger partial charge in [-0.3, -0.25) is 4.79 Å². The highest BCUT2D eigenvalue weighted by Gasteiger charge is 2.22. The number of aromatic amines is 1. The number of rotatable bonds is 4. The third kappa shape index (κ3) is 3.78. The molecule has 3 heterocycles. The molecule has 0 bridgehead atoms. The van der Waals surface area contributed by atoms with Crippen LogP contribution in [0.5, 0.6) is 0 Å². The molecule has 0 saturated heterocycles. The van der Waals surface area contributed by atoms with Gasteiger partial charge in [0.15, 0.2) is 11.6 Å². The zero-order chi connectivity index (χ0) is 21.5. The van der Waals surface area contributed by atoms with Gasteiger partial charge in [0, 0.05) is 23.2 Å². The molecule has 0 aliphatic carbocycles. The summed E-state index contributed by atoms with van der Waals surface area (Å²) in [5, 5.41) is 7.46. The second-order valence-electron chi connectivity index (χ2n) is 7.87. The number of fused-ring (bicyclic) bond motifs is 1. The van der Waals surface area contributed by atoms with Gasteiger partial charge in [0.25, 0.3) is 12.3 Å². The van der Waals surface area contributed by atoms with Gasteiger partial charge >= 0.3 is 0 Å². The SMILES string of the molecule is CC(C)(C)c1cc(NC(=O)c2ccc3nc(C(F)F)[nH]c3c2)n(-c2ccccn2)n1. The standard InChI is InChI=1S/C21H20F2N6O/c1-21(2,3)15-11-17(29(28-15)16-6-4-5-9-24-16)27-20(30)12-7-8-13-14(10-12)26-19(25-13)18(22)23/h4-11,18H,1-3H3,(H,25,26)(H,27,30). The number of halogens is 2. The van der Waals surface area contributed by atoms with Crippen LogP contribution in [0.1, 0.15) is 49.1 Å². The summed E-state index contributed by atoms with van der Waals surface area (Å²) >= 11 is 0. The molecule has 0 aliphatic heterocycles. The van der Waals surface area contributed by atoms with Crippen LogP contribution in [-0.2, 0) is 5.41 Å². The summed E-state index contributed by atoms with van der Waals surface area (Å²) in [6.07, 6.45) is -1.07. The maximum absolute atomic E-state index is 12.9. The van der Waals surface area contributed by atoms with Gasteiger partial charge in [-0.2, -0.15) is 9.78 Å². The van der Waals surface area contributed by atoms with Crippen LogP contribution >= 0.6 is 0 Å². The number of H-pyrrole nitrogens is 1. The van der Waals surface area contributed by atoms with E-state index in [4.69, 9.17) is 0 Å². The summed E-state index contributed by atoms with van der Waals surface area (Å²) in [5.74, 6) is 0.198. The predicted octanol–water partition coefficient (Wildman–Crippen LogP) is 4.63. The van der Waals surface area contributed by atoms with E-state index in [1.54, 1.807) is 35.1 Å². The van der Waals surface area contributed by atoms with Gasteiger partial charge in [-0.15, -0.1) is 0 Å². The van der Waals surface area contributed by atoms with Gasteiger partial charge < -0.3 is 10.3 Å². The van der Waals surface area contributed by atoms with E-state index < -0.39 is 18.2 Å². The number of aromatic nitrogens is 5. The summed E-state index contributed by atoms with van der Waals surface area (Å²) in [4.78, 5) is 23.6. The first-order valence-electron chi connectivity index (χ1n) is 9.33. The molecule has 7 nitrogen and oxygen atoms in total. The van der Waals surface area contributed by atoms with Crippen LogP contribution < -0.4 is 5.32 Å². The Morgan fingerprint density at radius 3 is 2.63 bits per heavy atom. The number of hydrogen-bond donors (Lipinski definition) is 2. The van der Waals surface area contributed by atoms with Crippen LogP contribution in [0.2, 0.25) is 0 Å². The van der Waals surface area contributed by atoms with E-state index in [9.17, 15) is 13.6 Å². The van der Waals surface area contributed by atoms with E-state index in [2.05, 4.69) is 25.4 Å². The fraction of sp³-hybridized carbons (Fsp3) is 0.238. The molecule has 30 heavy (non-hydrogen) atoms. The lowest BCUT2D eigenvalue weighted by Crippen LogP contribution is -2.15. The number of alkyl halides is 2. The van der Waals surface area contributed by atoms with Crippen molar-refractivity contribution in [1.29, 1.82) is 0 Å². The molecule has 4 aromatic rings. The number of carbonyl (C=O) groups excluding carboxylic acids is 1. The summed E-state index contributed by atoms with van der Waals surface area (Å²) in [6, 6.07) is 11.8. The molecule has 0 fully saturated rings. The highest BCUT2D eigenvalue weighted by Crippen LogP contribution is 2.26. The first kappa shape index (κ1) is 19.7. The molecule has 4 rings (SSSR count). The number of hydrogen-bond acceptors (Lipinski definition) is 4. The maximum Gasteiger partial charge on any atom is 0.295 e. The van der Waals surface area contributed by atoms with Crippen LogP contribution in [0.3, 0.4) is 0 Å². The Balaban J connectivity index is 1.69. The minimum absolute atomic E-state index is 0.236. The molecule has 154 valence electrons. The van der Waals surface area contributed by atoms with Crippen molar-refractivity contribution in [2.45, 2.75) is 32.6 Å². The number of pyridine rings is 1. The molecule has 0 spiro atoms. The third-order valence-electron chi connectivity index (χ3n) is 4.55. The minimum Gasteiger partial charge on any atom is -0.337 e. The third-order valence-corrected chi connectivity index (χ3v) is 4.55. The maximum atomic E-state index is 12.9. The van der Waals surface area contributed by atoms with Crippen molar-refractivity contribution < 1.29 is 13.6 Å². The number of anilines is 1. The van der Waals surface area contributed by atoms with E-state index in [0.717, 1.165) is 5.69 Å². The lowest BCUT2D eigenvalue weighted by molar-refractivity contribution is 0.102. The number of amides is 1. The summed E-state index contributed by atoms with van der Waals surface area (Å²) < 4.78 is 27.3. The Hall–Kier alpha value is -3.62. The normalized spacial score (nSPS) is 11.9. The second-order valence-corrected chi connectivity index (χ2v) is 7.87. The largest absolute Gasteiger partial charge is 0.337 e. The lowest BCUT2D eigenvalue weighted by atomic mass is 9.92. The smallest absolute Gasteiger partial charge is 0.295 e. The molecule has 3 aromatic heterocycles. The zero-order valence-electron chi connectivity index (χ0n) is 16.6.